The highest BCUT2D eigenvalue weighted by atomic mass is 32.2. The summed E-state index contributed by atoms with van der Waals surface area (Å²) in [7, 11) is 0. The van der Waals surface area contributed by atoms with Gasteiger partial charge in [-0.15, -0.1) is 11.8 Å². The van der Waals surface area contributed by atoms with Gasteiger partial charge in [-0.3, -0.25) is 14.6 Å². The molecular formula is C21H23N5O2S. The molecule has 2 N–H and O–H groups in total. The van der Waals surface area contributed by atoms with Crippen molar-refractivity contribution in [1.82, 2.24) is 9.97 Å². The molecule has 0 saturated carbocycles. The number of thioether (sulfide) groups is 1. The van der Waals surface area contributed by atoms with Crippen LogP contribution >= 0.6 is 11.8 Å². The van der Waals surface area contributed by atoms with Gasteiger partial charge in [0.2, 0.25) is 11.9 Å². The molecule has 3 heterocycles. The second kappa shape index (κ2) is 7.91. The molecule has 29 heavy (non-hydrogen) atoms. The fourth-order valence-corrected chi connectivity index (χ4v) is 4.45. The summed E-state index contributed by atoms with van der Waals surface area (Å²) in [5, 5.41) is 12.3. The van der Waals surface area contributed by atoms with Crippen LogP contribution in [-0.4, -0.2) is 35.2 Å². The monoisotopic (exact) mass is 409 g/mol. The van der Waals surface area contributed by atoms with E-state index in [1.807, 2.05) is 35.4 Å². The van der Waals surface area contributed by atoms with E-state index in [4.69, 9.17) is 0 Å². The highest BCUT2D eigenvalue weighted by molar-refractivity contribution is 7.98. The molecular weight excluding hydrogens is 386 g/mol. The van der Waals surface area contributed by atoms with Gasteiger partial charge in [-0.25, -0.2) is 0 Å². The van der Waals surface area contributed by atoms with Gasteiger partial charge < -0.3 is 10.2 Å². The molecule has 2 aliphatic heterocycles. The number of hydrogen-bond acceptors (Lipinski definition) is 6. The van der Waals surface area contributed by atoms with Crippen molar-refractivity contribution in [3.05, 3.63) is 45.7 Å². The average Bonchev–Trinajstić information content (AvgIpc) is 2.73. The summed E-state index contributed by atoms with van der Waals surface area (Å²) < 4.78 is 0. The average molecular weight is 410 g/mol. The molecule has 0 radical (unpaired) electrons. The molecule has 2 atom stereocenters. The topological polar surface area (TPSA) is 102 Å². The minimum Gasteiger partial charge on any atom is -0.342 e. The Hall–Kier alpha value is -2.79. The van der Waals surface area contributed by atoms with Crippen LogP contribution in [0.1, 0.15) is 36.8 Å². The van der Waals surface area contributed by atoms with Crippen LogP contribution in [0.25, 0.3) is 0 Å². The van der Waals surface area contributed by atoms with E-state index in [-0.39, 0.29) is 11.4 Å². The van der Waals surface area contributed by atoms with E-state index in [0.29, 0.717) is 17.4 Å². The third-order valence-electron chi connectivity index (χ3n) is 5.81. The van der Waals surface area contributed by atoms with Gasteiger partial charge in [-0.05, 0) is 42.7 Å². The zero-order valence-electron chi connectivity index (χ0n) is 16.4. The lowest BCUT2D eigenvalue weighted by molar-refractivity contribution is -0.119. The van der Waals surface area contributed by atoms with Crippen LogP contribution < -0.4 is 15.8 Å². The van der Waals surface area contributed by atoms with Gasteiger partial charge in [0.05, 0.1) is 11.6 Å². The van der Waals surface area contributed by atoms with Crippen LogP contribution in [0, 0.1) is 23.2 Å². The molecule has 1 fully saturated rings. The number of nitriles is 1. The Labute approximate surface area is 173 Å². The van der Waals surface area contributed by atoms with Crippen LogP contribution in [0.2, 0.25) is 0 Å². The Balaban J connectivity index is 1.78. The first kappa shape index (κ1) is 19.5. The van der Waals surface area contributed by atoms with Crippen molar-refractivity contribution in [2.45, 2.75) is 30.6 Å². The number of nitrogens with zero attached hydrogens (tertiary/aromatic N) is 3. The molecule has 4 rings (SSSR count). The van der Waals surface area contributed by atoms with E-state index in [1.54, 1.807) is 11.8 Å². The summed E-state index contributed by atoms with van der Waals surface area (Å²) in [6, 6.07) is 9.70. The summed E-state index contributed by atoms with van der Waals surface area (Å²) in [5.74, 6) is -0.653. The molecule has 2 aliphatic rings. The fourth-order valence-electron chi connectivity index (χ4n) is 4.04. The van der Waals surface area contributed by atoms with Gasteiger partial charge in [0.15, 0.2) is 0 Å². The van der Waals surface area contributed by atoms with Crippen LogP contribution in [0.15, 0.2) is 34.0 Å². The number of carbonyl (C=O) groups is 1. The number of aromatic amines is 1. The third kappa shape index (κ3) is 3.62. The number of aromatic nitrogens is 2. The minimum atomic E-state index is -0.979. The van der Waals surface area contributed by atoms with Crippen molar-refractivity contribution in [2.75, 3.05) is 29.6 Å². The Morgan fingerprint density at radius 1 is 1.21 bits per heavy atom. The Kier molecular flexibility index (Phi) is 5.33. The van der Waals surface area contributed by atoms with E-state index >= 15 is 0 Å². The maximum Gasteiger partial charge on any atom is 0.258 e. The Morgan fingerprint density at radius 2 is 1.90 bits per heavy atom. The normalized spacial score (nSPS) is 22.0. The molecule has 1 saturated heterocycles. The number of rotatable bonds is 3. The van der Waals surface area contributed by atoms with Gasteiger partial charge in [-0.2, -0.15) is 10.2 Å². The van der Waals surface area contributed by atoms with E-state index in [0.717, 1.165) is 36.4 Å². The zero-order valence-corrected chi connectivity index (χ0v) is 17.3. The maximum atomic E-state index is 13.1. The van der Waals surface area contributed by atoms with Gasteiger partial charge in [0.1, 0.15) is 11.7 Å². The van der Waals surface area contributed by atoms with Crippen molar-refractivity contribution < 1.29 is 4.79 Å². The second-order valence-electron chi connectivity index (χ2n) is 7.67. The van der Waals surface area contributed by atoms with E-state index in [1.165, 1.54) is 0 Å². The van der Waals surface area contributed by atoms with Crippen molar-refractivity contribution in [2.24, 2.45) is 11.8 Å². The van der Waals surface area contributed by atoms with E-state index < -0.39 is 17.7 Å². The van der Waals surface area contributed by atoms with Crippen molar-refractivity contribution in [1.29, 1.82) is 5.26 Å². The lowest BCUT2D eigenvalue weighted by atomic mass is 9.79. The first-order chi connectivity index (χ1) is 14.0. The predicted octanol–water partition coefficient (Wildman–Crippen LogP) is 2.95. The first-order valence-corrected chi connectivity index (χ1v) is 11.0. The number of carbonyl (C=O) groups excluding carboxylic acids is 1. The molecule has 0 aliphatic carbocycles. The molecule has 2 unspecified atom stereocenters. The Bertz CT molecular complexity index is 1020. The molecule has 1 aromatic carbocycles. The molecule has 2 aromatic rings. The Morgan fingerprint density at radius 3 is 2.52 bits per heavy atom. The molecule has 1 aromatic heterocycles. The first-order valence-electron chi connectivity index (χ1n) is 9.75. The highest BCUT2D eigenvalue weighted by Gasteiger charge is 2.40. The quantitative estimate of drug-likeness (QED) is 0.756. The standard InChI is InChI=1S/C21H23N5O2S/c1-12-7-9-26(10-8-12)21-24-18-17(20(28)25-21)16(15(11-22)19(27)23-18)13-3-5-14(29-2)6-4-13/h3-6,12,15-16H,7-10H2,1-2H3,(H2,23,24,25,27,28). The van der Waals surface area contributed by atoms with Crippen LogP contribution in [0.3, 0.4) is 0 Å². The zero-order chi connectivity index (χ0) is 20.5. The molecule has 8 heteroatoms. The van der Waals surface area contributed by atoms with E-state index in [9.17, 15) is 14.9 Å². The number of anilines is 2. The number of benzene rings is 1. The number of fused-ring (bicyclic) bond motifs is 1. The summed E-state index contributed by atoms with van der Waals surface area (Å²) in [6.45, 7) is 3.85. The summed E-state index contributed by atoms with van der Waals surface area (Å²) in [5.41, 5.74) is 0.808. The second-order valence-corrected chi connectivity index (χ2v) is 8.55. The van der Waals surface area contributed by atoms with E-state index in [2.05, 4.69) is 28.3 Å². The van der Waals surface area contributed by atoms with Crippen molar-refractivity contribution in [3.8, 4) is 6.07 Å². The van der Waals surface area contributed by atoms with Crippen LogP contribution in [-0.2, 0) is 4.79 Å². The SMILES string of the molecule is CSc1ccc(C2c3c(nc(N4CCC(C)CC4)[nH]c3=O)NC(=O)C2C#N)cc1. The number of hydrogen-bond donors (Lipinski definition) is 2. The van der Waals surface area contributed by atoms with Gasteiger partial charge in [0.25, 0.3) is 5.56 Å². The predicted molar refractivity (Wildman–Crippen MR) is 113 cm³/mol. The summed E-state index contributed by atoms with van der Waals surface area (Å²) >= 11 is 1.61. The lowest BCUT2D eigenvalue weighted by Crippen LogP contribution is -2.40. The van der Waals surface area contributed by atoms with Gasteiger partial charge in [0, 0.05) is 23.9 Å². The smallest absolute Gasteiger partial charge is 0.258 e. The van der Waals surface area contributed by atoms with Crippen molar-refractivity contribution in [3.63, 3.8) is 0 Å². The molecule has 0 spiro atoms. The van der Waals surface area contributed by atoms with Crippen LogP contribution in [0.4, 0.5) is 11.8 Å². The summed E-state index contributed by atoms with van der Waals surface area (Å²) in [4.78, 5) is 36.3. The number of amides is 1. The molecule has 7 nitrogen and oxygen atoms in total. The maximum absolute atomic E-state index is 13.1. The molecule has 150 valence electrons. The van der Waals surface area contributed by atoms with Crippen LogP contribution in [0.5, 0.6) is 0 Å². The molecule has 1 amide bonds. The van der Waals surface area contributed by atoms with Gasteiger partial charge in [-0.1, -0.05) is 19.1 Å². The minimum absolute atomic E-state index is 0.262. The number of piperidine rings is 1. The fraction of sp³-hybridized carbons (Fsp3) is 0.429. The highest BCUT2D eigenvalue weighted by Crippen LogP contribution is 2.38. The largest absolute Gasteiger partial charge is 0.342 e. The summed E-state index contributed by atoms with van der Waals surface area (Å²) in [6.07, 6.45) is 4.05. The number of H-pyrrole nitrogens is 1. The third-order valence-corrected chi connectivity index (χ3v) is 6.55. The van der Waals surface area contributed by atoms with Crippen molar-refractivity contribution >= 4 is 29.4 Å². The lowest BCUT2D eigenvalue weighted by Gasteiger charge is -2.33. The molecule has 0 bridgehead atoms. The number of nitrogens with one attached hydrogen (secondary N) is 2. The van der Waals surface area contributed by atoms with Gasteiger partial charge >= 0.3 is 0 Å².